The molecule has 3 aromatic rings. The summed E-state index contributed by atoms with van der Waals surface area (Å²) < 4.78 is 44.3. The number of alkyl halides is 2. The fraction of sp³-hybridized carbons (Fsp3) is 0.278. The number of nitrogens with zero attached hydrogens (tertiary/aromatic N) is 4. The van der Waals surface area contributed by atoms with Crippen LogP contribution in [0.5, 0.6) is 5.75 Å². The van der Waals surface area contributed by atoms with Gasteiger partial charge in [-0.05, 0) is 32.9 Å². The highest BCUT2D eigenvalue weighted by atomic mass is 19.3. The summed E-state index contributed by atoms with van der Waals surface area (Å²) >= 11 is 0. The van der Waals surface area contributed by atoms with Crippen LogP contribution in [0.2, 0.25) is 0 Å². The summed E-state index contributed by atoms with van der Waals surface area (Å²) in [6.07, 6.45) is 3.11. The molecule has 0 aliphatic carbocycles. The molecule has 0 saturated carbocycles. The Hall–Kier alpha value is -3.10. The Kier molecular flexibility index (Phi) is 5.29. The van der Waals surface area contributed by atoms with Gasteiger partial charge in [-0.25, -0.2) is 9.37 Å². The summed E-state index contributed by atoms with van der Waals surface area (Å²) in [5, 5.41) is 7.38. The molecule has 0 aliphatic rings. The van der Waals surface area contributed by atoms with E-state index in [4.69, 9.17) is 0 Å². The zero-order valence-corrected chi connectivity index (χ0v) is 15.0. The van der Waals surface area contributed by atoms with Crippen molar-refractivity contribution < 1.29 is 17.9 Å². The van der Waals surface area contributed by atoms with Gasteiger partial charge in [0.1, 0.15) is 5.82 Å². The summed E-state index contributed by atoms with van der Waals surface area (Å²) in [4.78, 5) is 8.68. The molecule has 0 amide bonds. The first-order chi connectivity index (χ1) is 12.9. The van der Waals surface area contributed by atoms with Crippen LogP contribution >= 0.6 is 0 Å². The normalized spacial score (nSPS) is 11.1. The number of halogens is 3. The molecule has 0 bridgehead atoms. The molecule has 27 heavy (non-hydrogen) atoms. The molecule has 6 nitrogen and oxygen atoms in total. The van der Waals surface area contributed by atoms with Gasteiger partial charge in [-0.2, -0.15) is 13.9 Å². The van der Waals surface area contributed by atoms with Crippen LogP contribution in [0, 0.1) is 19.7 Å². The highest BCUT2D eigenvalue weighted by Gasteiger charge is 2.15. The van der Waals surface area contributed by atoms with Crippen LogP contribution in [0.4, 0.5) is 24.7 Å². The molecule has 3 rings (SSSR count). The number of anilines is 2. The minimum absolute atomic E-state index is 0.332. The third kappa shape index (κ3) is 4.02. The van der Waals surface area contributed by atoms with Crippen LogP contribution in [-0.4, -0.2) is 26.4 Å². The van der Waals surface area contributed by atoms with Crippen LogP contribution in [-0.2, 0) is 6.54 Å². The standard InChI is InChI=1S/C18H18F3N5O/c1-4-26-11(3)17(10(2)25-26)14-8-22-9-16(24-14)23-12-5-6-15(13(19)7-12)27-18(20)21/h5-9,18H,4H2,1-3H3,(H,23,24). The lowest BCUT2D eigenvalue weighted by Crippen LogP contribution is -2.04. The number of ether oxygens (including phenoxy) is 1. The fourth-order valence-corrected chi connectivity index (χ4v) is 2.84. The number of aryl methyl sites for hydroxylation is 2. The maximum Gasteiger partial charge on any atom is 0.387 e. The molecule has 0 unspecified atom stereocenters. The average molecular weight is 377 g/mol. The van der Waals surface area contributed by atoms with E-state index in [2.05, 4.69) is 25.1 Å². The Bertz CT molecular complexity index is 958. The van der Waals surface area contributed by atoms with E-state index in [9.17, 15) is 13.2 Å². The molecule has 0 aliphatic heterocycles. The summed E-state index contributed by atoms with van der Waals surface area (Å²) in [5.41, 5.74) is 3.66. The molecule has 9 heteroatoms. The molecule has 0 atom stereocenters. The monoisotopic (exact) mass is 377 g/mol. The predicted octanol–water partition coefficient (Wildman–Crippen LogP) is 4.46. The molecule has 0 fully saturated rings. The quantitative estimate of drug-likeness (QED) is 0.687. The van der Waals surface area contributed by atoms with Crippen LogP contribution in [0.25, 0.3) is 11.3 Å². The number of aromatic nitrogens is 4. The molecular formula is C18H18F3N5O. The van der Waals surface area contributed by atoms with E-state index in [-0.39, 0.29) is 0 Å². The fourth-order valence-electron chi connectivity index (χ4n) is 2.84. The predicted molar refractivity (Wildman–Crippen MR) is 94.7 cm³/mol. The van der Waals surface area contributed by atoms with Gasteiger partial charge in [-0.15, -0.1) is 0 Å². The van der Waals surface area contributed by atoms with E-state index in [1.807, 2.05) is 25.5 Å². The summed E-state index contributed by atoms with van der Waals surface area (Å²) in [6, 6.07) is 3.60. The smallest absolute Gasteiger partial charge is 0.387 e. The number of rotatable bonds is 6. The van der Waals surface area contributed by atoms with Crippen molar-refractivity contribution in [2.75, 3.05) is 5.32 Å². The first-order valence-electron chi connectivity index (χ1n) is 8.26. The van der Waals surface area contributed by atoms with Gasteiger partial charge >= 0.3 is 6.61 Å². The van der Waals surface area contributed by atoms with Gasteiger partial charge in [0.25, 0.3) is 0 Å². The SMILES string of the molecule is CCn1nc(C)c(-c2cncc(Nc3ccc(OC(F)F)c(F)c3)n2)c1C. The summed E-state index contributed by atoms with van der Waals surface area (Å²) in [5.74, 6) is -1.04. The van der Waals surface area contributed by atoms with E-state index >= 15 is 0 Å². The second-order valence-electron chi connectivity index (χ2n) is 5.80. The molecule has 2 aromatic heterocycles. The largest absolute Gasteiger partial charge is 0.432 e. The topological polar surface area (TPSA) is 64.9 Å². The Morgan fingerprint density at radius 2 is 2.00 bits per heavy atom. The third-order valence-corrected chi connectivity index (χ3v) is 3.99. The minimum atomic E-state index is -3.09. The van der Waals surface area contributed by atoms with Crippen molar-refractivity contribution in [3.8, 4) is 17.0 Å². The number of nitrogens with one attached hydrogen (secondary N) is 1. The third-order valence-electron chi connectivity index (χ3n) is 3.99. The molecule has 1 aromatic carbocycles. The van der Waals surface area contributed by atoms with Crippen LogP contribution < -0.4 is 10.1 Å². The Morgan fingerprint density at radius 3 is 2.63 bits per heavy atom. The Morgan fingerprint density at radius 1 is 1.22 bits per heavy atom. The van der Waals surface area contributed by atoms with Crippen LogP contribution in [0.15, 0.2) is 30.6 Å². The van der Waals surface area contributed by atoms with E-state index in [0.717, 1.165) is 35.6 Å². The molecule has 0 radical (unpaired) electrons. The highest BCUT2D eigenvalue weighted by molar-refractivity contribution is 5.66. The molecule has 1 N–H and O–H groups in total. The van der Waals surface area contributed by atoms with E-state index < -0.39 is 18.2 Å². The zero-order valence-electron chi connectivity index (χ0n) is 15.0. The van der Waals surface area contributed by atoms with Crippen molar-refractivity contribution in [3.05, 3.63) is 47.8 Å². The lowest BCUT2D eigenvalue weighted by Gasteiger charge is -2.10. The zero-order chi connectivity index (χ0) is 19.6. The van der Waals surface area contributed by atoms with E-state index in [1.54, 1.807) is 6.20 Å². The minimum Gasteiger partial charge on any atom is -0.432 e. The van der Waals surface area contributed by atoms with Crippen molar-refractivity contribution in [2.45, 2.75) is 33.9 Å². The lowest BCUT2D eigenvalue weighted by atomic mass is 10.1. The van der Waals surface area contributed by atoms with Gasteiger partial charge in [0, 0.05) is 29.6 Å². The van der Waals surface area contributed by atoms with Gasteiger partial charge in [0.05, 0.1) is 23.8 Å². The molecule has 0 spiro atoms. The van der Waals surface area contributed by atoms with Crippen molar-refractivity contribution in [3.63, 3.8) is 0 Å². The highest BCUT2D eigenvalue weighted by Crippen LogP contribution is 2.28. The number of benzene rings is 1. The average Bonchev–Trinajstić information content (AvgIpc) is 2.91. The first kappa shape index (κ1) is 18.7. The van der Waals surface area contributed by atoms with Crippen molar-refractivity contribution in [2.24, 2.45) is 0 Å². The van der Waals surface area contributed by atoms with E-state index in [0.29, 0.717) is 17.2 Å². The maximum atomic E-state index is 13.9. The van der Waals surface area contributed by atoms with Gasteiger partial charge in [0.2, 0.25) is 0 Å². The van der Waals surface area contributed by atoms with Crippen molar-refractivity contribution in [1.29, 1.82) is 0 Å². The lowest BCUT2D eigenvalue weighted by molar-refractivity contribution is -0.0521. The Labute approximate surface area is 154 Å². The molecule has 0 saturated heterocycles. The van der Waals surface area contributed by atoms with Crippen molar-refractivity contribution in [1.82, 2.24) is 19.7 Å². The van der Waals surface area contributed by atoms with E-state index in [1.165, 1.54) is 12.3 Å². The molecule has 2 heterocycles. The van der Waals surface area contributed by atoms with Gasteiger partial charge in [-0.3, -0.25) is 9.67 Å². The van der Waals surface area contributed by atoms with Gasteiger partial charge in [-0.1, -0.05) is 0 Å². The molecular weight excluding hydrogens is 359 g/mol. The maximum absolute atomic E-state index is 13.9. The van der Waals surface area contributed by atoms with Crippen molar-refractivity contribution >= 4 is 11.5 Å². The number of hydrogen-bond acceptors (Lipinski definition) is 5. The van der Waals surface area contributed by atoms with Crippen LogP contribution in [0.3, 0.4) is 0 Å². The first-order valence-corrected chi connectivity index (χ1v) is 8.26. The second-order valence-corrected chi connectivity index (χ2v) is 5.80. The van der Waals surface area contributed by atoms with Crippen LogP contribution in [0.1, 0.15) is 18.3 Å². The van der Waals surface area contributed by atoms with Gasteiger partial charge < -0.3 is 10.1 Å². The Balaban J connectivity index is 1.87. The summed E-state index contributed by atoms with van der Waals surface area (Å²) in [7, 11) is 0. The van der Waals surface area contributed by atoms with Gasteiger partial charge in [0.15, 0.2) is 11.6 Å². The molecule has 142 valence electrons. The second kappa shape index (κ2) is 7.65. The number of hydrogen-bond donors (Lipinski definition) is 1. The summed E-state index contributed by atoms with van der Waals surface area (Å²) in [6.45, 7) is 3.51.